The highest BCUT2D eigenvalue weighted by molar-refractivity contribution is 5.89. The number of ketones is 1. The van der Waals surface area contributed by atoms with Gasteiger partial charge < -0.3 is 0 Å². The molecule has 1 rings (SSSR count). The summed E-state index contributed by atoms with van der Waals surface area (Å²) >= 11 is 0. The van der Waals surface area contributed by atoms with Crippen molar-refractivity contribution in [2.45, 2.75) is 59.5 Å². The summed E-state index contributed by atoms with van der Waals surface area (Å²) in [5, 5.41) is 0. The number of nitrogens with zero attached hydrogens (tertiary/aromatic N) is 1. The highest BCUT2D eigenvalue weighted by atomic mass is 16.1. The molecule has 0 radical (unpaired) electrons. The lowest BCUT2D eigenvalue weighted by Gasteiger charge is -2.30. The lowest BCUT2D eigenvalue weighted by Crippen LogP contribution is -2.44. The molecule has 1 aliphatic heterocycles. The Morgan fingerprint density at radius 1 is 1.36 bits per heavy atom. The summed E-state index contributed by atoms with van der Waals surface area (Å²) in [5.41, 5.74) is -0.192. The molecule has 0 amide bonds. The Morgan fingerprint density at radius 3 is 2.36 bits per heavy atom. The molecule has 0 bridgehead atoms. The van der Waals surface area contributed by atoms with Crippen LogP contribution >= 0.6 is 0 Å². The molecule has 0 aromatic carbocycles. The molecule has 2 heteroatoms. The molecule has 0 N–H and O–H groups in total. The van der Waals surface area contributed by atoms with Crippen LogP contribution < -0.4 is 0 Å². The Labute approximate surface area is 87.7 Å². The number of likely N-dealkylation sites (N-methyl/N-ethyl adjacent to an activating group) is 1. The highest BCUT2D eigenvalue weighted by Gasteiger charge is 2.38. The fourth-order valence-corrected chi connectivity index (χ4v) is 2.35. The first kappa shape index (κ1) is 11.7. The van der Waals surface area contributed by atoms with Gasteiger partial charge in [-0.05, 0) is 26.3 Å². The largest absolute Gasteiger partial charge is 0.297 e. The van der Waals surface area contributed by atoms with Crippen molar-refractivity contribution < 1.29 is 4.79 Å². The number of hydrogen-bond acceptors (Lipinski definition) is 2. The van der Waals surface area contributed by atoms with Crippen LogP contribution in [0.25, 0.3) is 0 Å². The maximum Gasteiger partial charge on any atom is 0.155 e. The summed E-state index contributed by atoms with van der Waals surface area (Å²) in [4.78, 5) is 14.5. The zero-order valence-electron chi connectivity index (χ0n) is 10.1. The van der Waals surface area contributed by atoms with Crippen LogP contribution in [-0.4, -0.2) is 29.3 Å². The average Bonchev–Trinajstić information content (AvgIpc) is 2.43. The van der Waals surface area contributed by atoms with Gasteiger partial charge in [0, 0.05) is 11.5 Å². The summed E-state index contributed by atoms with van der Waals surface area (Å²) in [6.07, 6.45) is 2.21. The van der Waals surface area contributed by atoms with Crippen LogP contribution in [0.4, 0.5) is 0 Å². The molecule has 0 aliphatic carbocycles. The third-order valence-corrected chi connectivity index (χ3v) is 3.23. The van der Waals surface area contributed by atoms with Gasteiger partial charge in [0.2, 0.25) is 0 Å². The van der Waals surface area contributed by atoms with Crippen molar-refractivity contribution in [1.82, 2.24) is 4.90 Å². The zero-order valence-corrected chi connectivity index (χ0v) is 10.1. The van der Waals surface area contributed by atoms with Gasteiger partial charge in [0.25, 0.3) is 0 Å². The fourth-order valence-electron chi connectivity index (χ4n) is 2.35. The zero-order chi connectivity index (χ0) is 10.9. The van der Waals surface area contributed by atoms with E-state index < -0.39 is 0 Å². The average molecular weight is 197 g/mol. The Hall–Kier alpha value is -0.370. The van der Waals surface area contributed by atoms with E-state index in [9.17, 15) is 4.79 Å². The van der Waals surface area contributed by atoms with E-state index in [0.717, 1.165) is 13.0 Å². The second kappa shape index (κ2) is 4.01. The normalized spacial score (nSPS) is 29.5. The highest BCUT2D eigenvalue weighted by Crippen LogP contribution is 2.29. The molecule has 14 heavy (non-hydrogen) atoms. The lowest BCUT2D eigenvalue weighted by molar-refractivity contribution is -0.131. The predicted octanol–water partition coefficient (Wildman–Crippen LogP) is 2.47. The number of carbonyl (C=O) groups excluding carboxylic acids is 1. The van der Waals surface area contributed by atoms with Gasteiger partial charge in [0.1, 0.15) is 0 Å². The Kier molecular flexibility index (Phi) is 3.36. The molecule has 1 fully saturated rings. The standard InChI is InChI=1S/C12H23NO/c1-6-13-9(2)7-8-10(13)11(14)12(3,4)5/h9-10H,6-8H2,1-5H3. The Balaban J connectivity index is 2.74. The van der Waals surface area contributed by atoms with Gasteiger partial charge in [0.05, 0.1) is 6.04 Å². The van der Waals surface area contributed by atoms with Crippen molar-refractivity contribution >= 4 is 5.78 Å². The SMILES string of the molecule is CCN1C(C)CCC1C(=O)C(C)(C)C. The van der Waals surface area contributed by atoms with Crippen molar-refractivity contribution in [2.75, 3.05) is 6.54 Å². The van der Waals surface area contributed by atoms with Crippen LogP contribution in [0.3, 0.4) is 0 Å². The first-order valence-corrected chi connectivity index (χ1v) is 5.68. The van der Waals surface area contributed by atoms with E-state index in [1.165, 1.54) is 6.42 Å². The van der Waals surface area contributed by atoms with Crippen LogP contribution in [0.1, 0.15) is 47.5 Å². The molecule has 1 heterocycles. The van der Waals surface area contributed by atoms with E-state index >= 15 is 0 Å². The first-order chi connectivity index (χ1) is 6.38. The predicted molar refractivity (Wildman–Crippen MR) is 59.3 cm³/mol. The van der Waals surface area contributed by atoms with Gasteiger partial charge in [-0.3, -0.25) is 9.69 Å². The van der Waals surface area contributed by atoms with Crippen LogP contribution in [0, 0.1) is 5.41 Å². The molecule has 1 aliphatic rings. The molecule has 0 aromatic heterocycles. The molecule has 2 nitrogen and oxygen atoms in total. The first-order valence-electron chi connectivity index (χ1n) is 5.68. The van der Waals surface area contributed by atoms with E-state index in [2.05, 4.69) is 18.7 Å². The van der Waals surface area contributed by atoms with Crippen molar-refractivity contribution in [3.8, 4) is 0 Å². The molecule has 2 atom stereocenters. The van der Waals surface area contributed by atoms with Gasteiger partial charge in [0.15, 0.2) is 5.78 Å². The van der Waals surface area contributed by atoms with Crippen molar-refractivity contribution in [3.05, 3.63) is 0 Å². The molecule has 82 valence electrons. The minimum absolute atomic E-state index is 0.176. The van der Waals surface area contributed by atoms with Gasteiger partial charge in [-0.15, -0.1) is 0 Å². The Morgan fingerprint density at radius 2 is 1.93 bits per heavy atom. The molecule has 0 aromatic rings. The van der Waals surface area contributed by atoms with E-state index in [1.54, 1.807) is 0 Å². The monoisotopic (exact) mass is 197 g/mol. The smallest absolute Gasteiger partial charge is 0.155 e. The molecule has 0 saturated carbocycles. The molecule has 2 unspecified atom stereocenters. The van der Waals surface area contributed by atoms with Gasteiger partial charge >= 0.3 is 0 Å². The Bertz CT molecular complexity index is 217. The van der Waals surface area contributed by atoms with E-state index in [4.69, 9.17) is 0 Å². The minimum Gasteiger partial charge on any atom is -0.297 e. The minimum atomic E-state index is -0.192. The summed E-state index contributed by atoms with van der Waals surface area (Å²) in [7, 11) is 0. The number of likely N-dealkylation sites (tertiary alicyclic amines) is 1. The third kappa shape index (κ3) is 2.17. The summed E-state index contributed by atoms with van der Waals surface area (Å²) in [6.45, 7) is 11.4. The van der Waals surface area contributed by atoms with Gasteiger partial charge in [-0.2, -0.15) is 0 Å². The van der Waals surface area contributed by atoms with Crippen LogP contribution in [0.15, 0.2) is 0 Å². The maximum atomic E-state index is 12.1. The lowest BCUT2D eigenvalue weighted by atomic mass is 9.85. The van der Waals surface area contributed by atoms with Crippen LogP contribution in [-0.2, 0) is 4.79 Å². The second-order valence-electron chi connectivity index (χ2n) is 5.39. The quantitative estimate of drug-likeness (QED) is 0.678. The second-order valence-corrected chi connectivity index (χ2v) is 5.39. The topological polar surface area (TPSA) is 20.3 Å². The van der Waals surface area contributed by atoms with Crippen molar-refractivity contribution in [1.29, 1.82) is 0 Å². The number of hydrogen-bond donors (Lipinski definition) is 0. The molecular formula is C12H23NO. The molecular weight excluding hydrogens is 174 g/mol. The number of Topliss-reactive ketones (excluding diaryl/α,β-unsaturated/α-hetero) is 1. The van der Waals surface area contributed by atoms with Gasteiger partial charge in [-0.1, -0.05) is 27.7 Å². The number of rotatable bonds is 2. The summed E-state index contributed by atoms with van der Waals surface area (Å²) in [6, 6.07) is 0.756. The van der Waals surface area contributed by atoms with Gasteiger partial charge in [-0.25, -0.2) is 0 Å². The van der Waals surface area contributed by atoms with E-state index in [0.29, 0.717) is 11.8 Å². The number of carbonyl (C=O) groups is 1. The molecule has 0 spiro atoms. The maximum absolute atomic E-state index is 12.1. The van der Waals surface area contributed by atoms with E-state index in [1.807, 2.05) is 20.8 Å². The summed E-state index contributed by atoms with van der Waals surface area (Å²) < 4.78 is 0. The molecule has 1 saturated heterocycles. The van der Waals surface area contributed by atoms with E-state index in [-0.39, 0.29) is 11.5 Å². The third-order valence-electron chi connectivity index (χ3n) is 3.23. The van der Waals surface area contributed by atoms with Crippen LogP contribution in [0.2, 0.25) is 0 Å². The van der Waals surface area contributed by atoms with Crippen molar-refractivity contribution in [2.24, 2.45) is 5.41 Å². The summed E-state index contributed by atoms with van der Waals surface area (Å²) in [5.74, 6) is 0.406. The fraction of sp³-hybridized carbons (Fsp3) is 0.917. The van der Waals surface area contributed by atoms with Crippen molar-refractivity contribution in [3.63, 3.8) is 0 Å². The van der Waals surface area contributed by atoms with Crippen LogP contribution in [0.5, 0.6) is 0 Å².